The Morgan fingerprint density at radius 1 is 1.22 bits per heavy atom. The monoisotopic (exact) mass is 256 g/mol. The third kappa shape index (κ3) is 1.75. The van der Waals surface area contributed by atoms with E-state index in [1.165, 1.54) is 9.58 Å². The first-order valence-electron chi connectivity index (χ1n) is 5.76. The van der Waals surface area contributed by atoms with Gasteiger partial charge in [-0.1, -0.05) is 0 Å². The molecule has 1 aliphatic heterocycles. The summed E-state index contributed by atoms with van der Waals surface area (Å²) in [4.78, 5) is 8.83. The predicted octanol–water partition coefficient (Wildman–Crippen LogP) is 2.24. The first kappa shape index (κ1) is 11.2. The van der Waals surface area contributed by atoms with Crippen LogP contribution in [0.15, 0.2) is 35.3 Å². The molecule has 1 heterocycles. The summed E-state index contributed by atoms with van der Waals surface area (Å²) in [6.45, 7) is 2.02. The topological polar surface area (TPSA) is 52.5 Å². The third-order valence-corrected chi connectivity index (χ3v) is 4.20. The molecule has 0 bridgehead atoms. The fourth-order valence-electron chi connectivity index (χ4n) is 1.99. The van der Waals surface area contributed by atoms with Crippen molar-refractivity contribution >= 4 is 27.2 Å². The lowest BCUT2D eigenvalue weighted by molar-refractivity contribution is -0.330. The van der Waals surface area contributed by atoms with Crippen LogP contribution in [-0.2, 0) is 0 Å². The highest BCUT2D eigenvalue weighted by atomic mass is 32.1. The zero-order chi connectivity index (χ0) is 12.7. The number of rotatable bonds is 0. The number of nitrogens with two attached hydrogens (primary N) is 1. The number of nitrogens with one attached hydrogen (secondary N) is 1. The molecule has 0 aromatic heterocycles. The Kier molecular flexibility index (Phi) is 2.52. The molecule has 0 atom stereocenters. The molecule has 2 aliphatic rings. The highest BCUT2D eigenvalue weighted by Crippen LogP contribution is 2.29. The van der Waals surface area contributed by atoms with Gasteiger partial charge in [0.2, 0.25) is 11.2 Å². The first-order valence-corrected chi connectivity index (χ1v) is 6.58. The van der Waals surface area contributed by atoms with Gasteiger partial charge in [0.1, 0.15) is 9.58 Å². The van der Waals surface area contributed by atoms with Crippen molar-refractivity contribution in [3.63, 3.8) is 0 Å². The Morgan fingerprint density at radius 2 is 2.06 bits per heavy atom. The molecule has 0 fully saturated rings. The number of hydrogen-bond acceptors (Lipinski definition) is 3. The van der Waals surface area contributed by atoms with Crippen LogP contribution in [0.2, 0.25) is 0 Å². The van der Waals surface area contributed by atoms with E-state index in [0.29, 0.717) is 0 Å². The second-order valence-corrected chi connectivity index (χ2v) is 5.42. The quantitative estimate of drug-likeness (QED) is 0.487. The Balaban J connectivity index is 2.41. The van der Waals surface area contributed by atoms with E-state index in [4.69, 9.17) is 5.73 Å². The van der Waals surface area contributed by atoms with Crippen LogP contribution in [0.4, 0.5) is 5.69 Å². The molecule has 1 aromatic carbocycles. The summed E-state index contributed by atoms with van der Waals surface area (Å²) in [7, 11) is 1.80. The molecule has 0 saturated heterocycles. The molecule has 0 amide bonds. The zero-order valence-electron chi connectivity index (χ0n) is 10.3. The van der Waals surface area contributed by atoms with E-state index < -0.39 is 0 Å². The number of aromatic amines is 1. The number of aromatic nitrogens is 1. The van der Waals surface area contributed by atoms with Gasteiger partial charge in [0.15, 0.2) is 0 Å². The van der Waals surface area contributed by atoms with Gasteiger partial charge in [0.25, 0.3) is 0 Å². The largest absolute Gasteiger partial charge is 0.398 e. The van der Waals surface area contributed by atoms with Gasteiger partial charge in [-0.05, 0) is 30.7 Å². The maximum absolute atomic E-state index is 5.96. The van der Waals surface area contributed by atoms with Gasteiger partial charge in [0.05, 0.1) is 5.36 Å². The Morgan fingerprint density at radius 3 is 2.83 bits per heavy atom. The molecule has 0 spiro atoms. The third-order valence-electron chi connectivity index (χ3n) is 3.08. The standard InChI is InChI=1S/C14H13N3S/c1-8-5-12-14(7-10(8)15)18-13-6-9(16-2)3-4-11(13)17-12/h3-7H,15H2,1-2H3/p+1. The molecular formula is C14H14N3S+. The minimum absolute atomic E-state index is 0.836. The van der Waals surface area contributed by atoms with E-state index in [9.17, 15) is 0 Å². The summed E-state index contributed by atoms with van der Waals surface area (Å²) in [5.41, 5.74) is 10.2. The van der Waals surface area contributed by atoms with E-state index in [2.05, 4.69) is 28.2 Å². The fraction of sp³-hybridized carbons (Fsp3) is 0.143. The van der Waals surface area contributed by atoms with Crippen molar-refractivity contribution in [2.45, 2.75) is 6.92 Å². The maximum Gasteiger partial charge on any atom is 0.221 e. The normalized spacial score (nSPS) is 12.4. The number of nitrogens with zero attached hydrogens (tertiary/aromatic N) is 1. The molecule has 3 nitrogen and oxygen atoms in total. The Labute approximate surface area is 109 Å². The summed E-state index contributed by atoms with van der Waals surface area (Å²) in [6, 6.07) is 10.3. The van der Waals surface area contributed by atoms with Crippen molar-refractivity contribution in [3.05, 3.63) is 41.3 Å². The van der Waals surface area contributed by atoms with E-state index in [1.54, 1.807) is 18.4 Å². The smallest absolute Gasteiger partial charge is 0.221 e. The van der Waals surface area contributed by atoms with Crippen LogP contribution in [0.1, 0.15) is 5.56 Å². The number of nitrogen functional groups attached to an aromatic ring is 1. The van der Waals surface area contributed by atoms with E-state index in [1.807, 2.05) is 19.1 Å². The molecule has 1 aliphatic carbocycles. The van der Waals surface area contributed by atoms with Gasteiger partial charge in [-0.3, -0.25) is 4.99 Å². The van der Waals surface area contributed by atoms with Crippen molar-refractivity contribution in [2.24, 2.45) is 4.99 Å². The molecular weight excluding hydrogens is 242 g/mol. The molecule has 3 N–H and O–H groups in total. The second kappa shape index (κ2) is 4.07. The molecule has 90 valence electrons. The van der Waals surface area contributed by atoms with Crippen LogP contribution in [0.25, 0.3) is 20.8 Å². The van der Waals surface area contributed by atoms with Gasteiger partial charge in [-0.25, -0.2) is 4.98 Å². The summed E-state index contributed by atoms with van der Waals surface area (Å²) >= 11 is 1.73. The van der Waals surface area contributed by atoms with Crippen molar-refractivity contribution in [1.29, 1.82) is 0 Å². The van der Waals surface area contributed by atoms with Crippen molar-refractivity contribution in [1.82, 2.24) is 0 Å². The van der Waals surface area contributed by atoms with E-state index in [-0.39, 0.29) is 0 Å². The minimum Gasteiger partial charge on any atom is -0.398 e. The summed E-state index contributed by atoms with van der Waals surface area (Å²) in [5, 5.41) is 0.992. The minimum atomic E-state index is 0.836. The van der Waals surface area contributed by atoms with E-state index in [0.717, 1.165) is 27.8 Å². The highest BCUT2D eigenvalue weighted by molar-refractivity contribution is 7.21. The molecule has 3 rings (SSSR count). The highest BCUT2D eigenvalue weighted by Gasteiger charge is 2.13. The van der Waals surface area contributed by atoms with E-state index >= 15 is 0 Å². The number of benzene rings is 2. The molecule has 1 aromatic rings. The summed E-state index contributed by atoms with van der Waals surface area (Å²) in [6.07, 6.45) is 0. The van der Waals surface area contributed by atoms with Crippen molar-refractivity contribution < 1.29 is 4.98 Å². The molecule has 18 heavy (non-hydrogen) atoms. The number of anilines is 1. The molecule has 4 heteroatoms. The molecule has 0 saturated carbocycles. The van der Waals surface area contributed by atoms with Crippen LogP contribution in [-0.4, -0.2) is 7.05 Å². The van der Waals surface area contributed by atoms with Crippen LogP contribution in [0.5, 0.6) is 0 Å². The SMILES string of the molecule is CN=c1ccc2[nH+]c3cc(C)c(N)cc3sc-2c1. The maximum atomic E-state index is 5.96. The van der Waals surface area contributed by atoms with Crippen LogP contribution in [0.3, 0.4) is 0 Å². The summed E-state index contributed by atoms with van der Waals surface area (Å²) < 4.78 is 1.17. The van der Waals surface area contributed by atoms with Gasteiger partial charge in [0, 0.05) is 24.9 Å². The lowest BCUT2D eigenvalue weighted by Crippen LogP contribution is -2.12. The van der Waals surface area contributed by atoms with Crippen LogP contribution in [0, 0.1) is 6.92 Å². The first-order chi connectivity index (χ1) is 8.67. The number of hydrogen-bond donors (Lipinski definition) is 1. The molecule has 0 radical (unpaired) electrons. The lowest BCUT2D eigenvalue weighted by Gasteiger charge is -2.03. The van der Waals surface area contributed by atoms with Gasteiger partial charge in [-0.15, -0.1) is 11.3 Å². The van der Waals surface area contributed by atoms with Crippen LogP contribution >= 0.6 is 11.3 Å². The number of H-pyrrole nitrogens is 1. The van der Waals surface area contributed by atoms with Crippen LogP contribution < -0.4 is 16.1 Å². The fourth-order valence-corrected chi connectivity index (χ4v) is 3.04. The number of aryl methyl sites for hydroxylation is 1. The van der Waals surface area contributed by atoms with Crippen molar-refractivity contribution in [3.8, 4) is 10.6 Å². The zero-order valence-corrected chi connectivity index (χ0v) is 11.1. The summed E-state index contributed by atoms with van der Waals surface area (Å²) in [5.74, 6) is 0. The van der Waals surface area contributed by atoms with Gasteiger partial charge < -0.3 is 5.73 Å². The Bertz CT molecular complexity index is 774. The second-order valence-electron chi connectivity index (χ2n) is 4.34. The lowest BCUT2D eigenvalue weighted by atomic mass is 10.2. The van der Waals surface area contributed by atoms with Gasteiger partial charge in [-0.2, -0.15) is 0 Å². The molecule has 0 unspecified atom stereocenters. The average molecular weight is 256 g/mol. The Hall–Kier alpha value is -1.94. The van der Waals surface area contributed by atoms with Crippen molar-refractivity contribution in [2.75, 3.05) is 12.8 Å². The predicted molar refractivity (Wildman–Crippen MR) is 75.6 cm³/mol. The number of fused-ring (bicyclic) bond motifs is 2. The van der Waals surface area contributed by atoms with Gasteiger partial charge >= 0.3 is 0 Å². The average Bonchev–Trinajstić information content (AvgIpc) is 2.37.